The maximum absolute atomic E-state index is 12.0. The molecule has 0 radical (unpaired) electrons. The highest BCUT2D eigenvalue weighted by Crippen LogP contribution is 2.05. The Kier molecular flexibility index (Phi) is 4.02. The summed E-state index contributed by atoms with van der Waals surface area (Å²) in [5, 5.41) is 5.22. The van der Waals surface area contributed by atoms with Gasteiger partial charge in [-0.1, -0.05) is 0 Å². The number of nitrogens with one attached hydrogen (secondary N) is 3. The third kappa shape index (κ3) is 2.79. The van der Waals surface area contributed by atoms with Crippen molar-refractivity contribution >= 4 is 11.8 Å². The van der Waals surface area contributed by atoms with Crippen molar-refractivity contribution in [3.63, 3.8) is 0 Å². The van der Waals surface area contributed by atoms with Crippen LogP contribution in [0, 0.1) is 0 Å². The van der Waals surface area contributed by atoms with Gasteiger partial charge in [0.05, 0.1) is 0 Å². The molecule has 1 saturated heterocycles. The number of aromatic nitrogens is 2. The lowest BCUT2D eigenvalue weighted by Crippen LogP contribution is -2.47. The van der Waals surface area contributed by atoms with Crippen LogP contribution in [0.3, 0.4) is 0 Å². The van der Waals surface area contributed by atoms with Gasteiger partial charge in [-0.2, -0.15) is 0 Å². The van der Waals surface area contributed by atoms with Crippen molar-refractivity contribution < 1.29 is 9.59 Å². The van der Waals surface area contributed by atoms with Gasteiger partial charge in [-0.05, 0) is 19.3 Å². The smallest absolute Gasteiger partial charge is 0.328 e. The third-order valence-corrected chi connectivity index (χ3v) is 3.26. The number of nitrogens with zero attached hydrogens (tertiary/aromatic N) is 1. The van der Waals surface area contributed by atoms with E-state index in [-0.39, 0.29) is 11.5 Å². The normalized spacial score (nSPS) is 19.1. The van der Waals surface area contributed by atoms with Crippen LogP contribution in [0.4, 0.5) is 0 Å². The van der Waals surface area contributed by atoms with Gasteiger partial charge in [0, 0.05) is 19.8 Å². The molecule has 0 bridgehead atoms. The average Bonchev–Trinajstić information content (AvgIpc) is 2.61. The lowest BCUT2D eigenvalue weighted by Gasteiger charge is -2.14. The molecule has 0 aromatic carbocycles. The van der Waals surface area contributed by atoms with Crippen LogP contribution in [0.25, 0.3) is 0 Å². The first-order chi connectivity index (χ1) is 9.50. The van der Waals surface area contributed by atoms with Crippen molar-refractivity contribution in [2.45, 2.75) is 25.3 Å². The van der Waals surface area contributed by atoms with Crippen molar-refractivity contribution in [1.29, 1.82) is 0 Å². The topological polar surface area (TPSA) is 113 Å². The fourth-order valence-electron chi connectivity index (χ4n) is 2.04. The Morgan fingerprint density at radius 3 is 2.85 bits per heavy atom. The highest BCUT2D eigenvalue weighted by Gasteiger charge is 2.24. The Balaban J connectivity index is 2.20. The van der Waals surface area contributed by atoms with E-state index in [1.54, 1.807) is 0 Å². The van der Waals surface area contributed by atoms with Gasteiger partial charge in [0.2, 0.25) is 5.91 Å². The van der Waals surface area contributed by atoms with E-state index in [9.17, 15) is 19.2 Å². The molecule has 8 nitrogen and oxygen atoms in total. The molecule has 2 rings (SSSR count). The molecule has 1 aromatic rings. The van der Waals surface area contributed by atoms with E-state index >= 15 is 0 Å². The molecule has 3 N–H and O–H groups in total. The Morgan fingerprint density at radius 2 is 2.10 bits per heavy atom. The van der Waals surface area contributed by atoms with E-state index in [1.165, 1.54) is 7.05 Å². The van der Waals surface area contributed by atoms with Crippen LogP contribution in [-0.2, 0) is 11.8 Å². The molecule has 1 atom stereocenters. The van der Waals surface area contributed by atoms with Crippen molar-refractivity contribution in [3.05, 3.63) is 32.6 Å². The van der Waals surface area contributed by atoms with E-state index in [4.69, 9.17) is 0 Å². The summed E-state index contributed by atoms with van der Waals surface area (Å²) in [6, 6.07) is -0.651. The van der Waals surface area contributed by atoms with E-state index in [1.807, 2.05) is 0 Å². The molecular weight excluding hydrogens is 264 g/mol. The Hall–Kier alpha value is -2.38. The molecule has 20 heavy (non-hydrogen) atoms. The zero-order valence-corrected chi connectivity index (χ0v) is 11.1. The Morgan fingerprint density at radius 1 is 1.35 bits per heavy atom. The van der Waals surface area contributed by atoms with E-state index in [0.29, 0.717) is 13.0 Å². The molecule has 1 aliphatic rings. The molecule has 2 amide bonds. The minimum Gasteiger partial charge on any atom is -0.354 e. The lowest BCUT2D eigenvalue weighted by molar-refractivity contribution is -0.122. The van der Waals surface area contributed by atoms with E-state index in [0.717, 1.165) is 23.6 Å². The van der Waals surface area contributed by atoms with Crippen molar-refractivity contribution in [2.24, 2.45) is 7.05 Å². The van der Waals surface area contributed by atoms with Crippen LogP contribution in [0.1, 0.15) is 29.6 Å². The molecule has 8 heteroatoms. The average molecular weight is 280 g/mol. The highest BCUT2D eigenvalue weighted by molar-refractivity contribution is 5.97. The summed E-state index contributed by atoms with van der Waals surface area (Å²) in [7, 11) is 1.27. The molecule has 1 fully saturated rings. The molecule has 0 spiro atoms. The summed E-state index contributed by atoms with van der Waals surface area (Å²) < 4.78 is 0.808. The number of amides is 2. The molecule has 0 aliphatic carbocycles. The fraction of sp³-hybridized carbons (Fsp3) is 0.500. The number of carbonyl (C=O) groups is 2. The van der Waals surface area contributed by atoms with Crippen LogP contribution >= 0.6 is 0 Å². The van der Waals surface area contributed by atoms with Crippen LogP contribution in [0.15, 0.2) is 15.8 Å². The monoisotopic (exact) mass is 280 g/mol. The Bertz CT molecular complexity index is 646. The van der Waals surface area contributed by atoms with Gasteiger partial charge in [-0.3, -0.25) is 19.0 Å². The molecule has 2 heterocycles. The zero-order chi connectivity index (χ0) is 14.7. The second-order valence-electron chi connectivity index (χ2n) is 4.68. The van der Waals surface area contributed by atoms with Crippen LogP contribution in [0.2, 0.25) is 0 Å². The molecule has 108 valence electrons. The lowest BCUT2D eigenvalue weighted by atomic mass is 10.1. The predicted octanol–water partition coefficient (Wildman–Crippen LogP) is -1.53. The number of H-pyrrole nitrogens is 1. The minimum absolute atomic E-state index is 0.191. The van der Waals surface area contributed by atoms with Gasteiger partial charge >= 0.3 is 5.69 Å². The van der Waals surface area contributed by atoms with Crippen LogP contribution in [-0.4, -0.2) is 34.0 Å². The summed E-state index contributed by atoms with van der Waals surface area (Å²) in [4.78, 5) is 49.1. The first-order valence-corrected chi connectivity index (χ1v) is 6.38. The second-order valence-corrected chi connectivity index (χ2v) is 4.68. The summed E-state index contributed by atoms with van der Waals surface area (Å²) >= 11 is 0. The number of carbonyl (C=O) groups excluding carboxylic acids is 2. The van der Waals surface area contributed by atoms with E-state index < -0.39 is 23.2 Å². The number of hydrogen-bond acceptors (Lipinski definition) is 4. The predicted molar refractivity (Wildman–Crippen MR) is 70.4 cm³/mol. The summed E-state index contributed by atoms with van der Waals surface area (Å²) in [5.74, 6) is -0.916. The first-order valence-electron chi connectivity index (χ1n) is 6.38. The highest BCUT2D eigenvalue weighted by atomic mass is 16.2. The quantitative estimate of drug-likeness (QED) is 0.610. The SMILES string of the molecule is Cn1c(=O)[nH]cc(C(=O)NC2CCCCNC2=O)c1=O. The number of hydrogen-bond donors (Lipinski definition) is 3. The van der Waals surface area contributed by atoms with E-state index in [2.05, 4.69) is 15.6 Å². The van der Waals surface area contributed by atoms with Gasteiger partial charge in [-0.25, -0.2) is 4.79 Å². The van der Waals surface area contributed by atoms with Gasteiger partial charge in [-0.15, -0.1) is 0 Å². The fourth-order valence-corrected chi connectivity index (χ4v) is 2.04. The number of aromatic amines is 1. The summed E-state index contributed by atoms with van der Waals surface area (Å²) in [5.41, 5.74) is -1.48. The maximum atomic E-state index is 12.0. The van der Waals surface area contributed by atoms with Crippen molar-refractivity contribution in [1.82, 2.24) is 20.2 Å². The second kappa shape index (κ2) is 5.72. The molecule has 1 unspecified atom stereocenters. The maximum Gasteiger partial charge on any atom is 0.328 e. The summed E-state index contributed by atoms with van der Waals surface area (Å²) in [6.07, 6.45) is 3.27. The molecule has 1 aliphatic heterocycles. The number of rotatable bonds is 2. The Labute approximate surface area is 114 Å². The van der Waals surface area contributed by atoms with Gasteiger partial charge < -0.3 is 15.6 Å². The van der Waals surface area contributed by atoms with Gasteiger partial charge in [0.25, 0.3) is 11.5 Å². The standard InChI is InChI=1S/C12H16N4O4/c1-16-11(19)7(6-14-12(16)20)9(17)15-8-4-2-3-5-13-10(8)18/h6,8H,2-5H2,1H3,(H,13,18)(H,14,20)(H,15,17). The molecular formula is C12H16N4O4. The van der Waals surface area contributed by atoms with Gasteiger partial charge in [0.1, 0.15) is 11.6 Å². The first kappa shape index (κ1) is 14.0. The largest absolute Gasteiger partial charge is 0.354 e. The van der Waals surface area contributed by atoms with Crippen molar-refractivity contribution in [2.75, 3.05) is 6.54 Å². The van der Waals surface area contributed by atoms with Crippen LogP contribution in [0.5, 0.6) is 0 Å². The molecule has 0 saturated carbocycles. The van der Waals surface area contributed by atoms with Crippen LogP contribution < -0.4 is 21.9 Å². The zero-order valence-electron chi connectivity index (χ0n) is 11.1. The summed E-state index contributed by atoms with van der Waals surface area (Å²) in [6.45, 7) is 0.589. The molecule has 1 aromatic heterocycles. The van der Waals surface area contributed by atoms with Crippen molar-refractivity contribution in [3.8, 4) is 0 Å². The van der Waals surface area contributed by atoms with Gasteiger partial charge in [0.15, 0.2) is 0 Å². The third-order valence-electron chi connectivity index (χ3n) is 3.26. The minimum atomic E-state index is -0.694.